The van der Waals surface area contributed by atoms with Crippen molar-refractivity contribution in [1.82, 2.24) is 9.62 Å². The van der Waals surface area contributed by atoms with E-state index in [2.05, 4.69) is 9.62 Å². The van der Waals surface area contributed by atoms with E-state index in [-0.39, 0.29) is 74.4 Å². The number of hydrogen-bond donors (Lipinski definition) is 3. The van der Waals surface area contributed by atoms with Crippen molar-refractivity contribution < 1.29 is 60.8 Å². The molecular weight excluding hydrogens is 835 g/mol. The van der Waals surface area contributed by atoms with E-state index in [1.807, 2.05) is 0 Å². The van der Waals surface area contributed by atoms with Gasteiger partial charge in [-0.2, -0.15) is 13.5 Å². The average Bonchev–Trinajstić information content (AvgIpc) is 4.04. The third kappa shape index (κ3) is 9.68. The Bertz CT molecular complexity index is 2290. The monoisotopic (exact) mass is 876 g/mol. The zero-order chi connectivity index (χ0) is 42.0. The molecule has 0 radical (unpaired) electrons. The van der Waals surface area contributed by atoms with Gasteiger partial charge in [-0.1, -0.05) is 59.6 Å². The SMILES string of the molecule is COc1ccc(C(=O)O)c([C@@H](Cc2c(Cl)c[n+](O)cc2Cl)c2ccc(OC(F)F)c(OCC3CC3)c2)c1S(=O)(=O)NC(C(=O)O[C@H]1CN2CCC1CC2)c1ccccc1. The molecule has 314 valence electrons. The minimum Gasteiger partial charge on any atom is -0.495 e. The number of ether oxygens (including phenoxy) is 4. The van der Waals surface area contributed by atoms with Crippen molar-refractivity contribution in [3.05, 3.63) is 111 Å². The van der Waals surface area contributed by atoms with E-state index < -0.39 is 57.1 Å². The lowest BCUT2D eigenvalue weighted by Gasteiger charge is -2.44. The van der Waals surface area contributed by atoms with Gasteiger partial charge in [0.15, 0.2) is 11.5 Å². The molecule has 1 saturated carbocycles. The predicted octanol–water partition coefficient (Wildman–Crippen LogP) is 6.65. The summed E-state index contributed by atoms with van der Waals surface area (Å²) in [6.07, 6.45) is 4.93. The van der Waals surface area contributed by atoms with E-state index in [1.54, 1.807) is 30.3 Å². The molecule has 4 aromatic rings. The number of rotatable bonds is 17. The summed E-state index contributed by atoms with van der Waals surface area (Å²) in [4.78, 5) is 28.9. The zero-order valence-electron chi connectivity index (χ0n) is 31.7. The van der Waals surface area contributed by atoms with Crippen LogP contribution in [0.1, 0.15) is 70.3 Å². The van der Waals surface area contributed by atoms with E-state index >= 15 is 8.42 Å². The Morgan fingerprint density at radius 1 is 0.949 bits per heavy atom. The van der Waals surface area contributed by atoms with Gasteiger partial charge in [-0.25, -0.2) is 18.0 Å². The van der Waals surface area contributed by atoms with Gasteiger partial charge in [0.1, 0.15) is 32.8 Å². The number of aromatic carboxylic acids is 1. The molecule has 3 N–H and O–H groups in total. The summed E-state index contributed by atoms with van der Waals surface area (Å²) in [5.41, 5.74) is -0.155. The van der Waals surface area contributed by atoms with Crippen molar-refractivity contribution in [3.63, 3.8) is 0 Å². The van der Waals surface area contributed by atoms with Gasteiger partial charge in [0, 0.05) is 22.8 Å². The second-order valence-electron chi connectivity index (χ2n) is 14.9. The summed E-state index contributed by atoms with van der Waals surface area (Å²) in [7, 11) is -3.76. The van der Waals surface area contributed by atoms with Crippen molar-refractivity contribution in [2.45, 2.75) is 61.7 Å². The van der Waals surface area contributed by atoms with Crippen LogP contribution < -0.4 is 23.7 Å². The molecule has 1 aromatic heterocycles. The van der Waals surface area contributed by atoms with Crippen LogP contribution in [-0.2, 0) is 26.0 Å². The Morgan fingerprint density at radius 3 is 2.22 bits per heavy atom. The number of fused-ring (bicyclic) bond motifs is 3. The maximum Gasteiger partial charge on any atom is 0.387 e. The summed E-state index contributed by atoms with van der Waals surface area (Å²) >= 11 is 13.2. The van der Waals surface area contributed by atoms with Crippen molar-refractivity contribution >= 4 is 45.2 Å². The van der Waals surface area contributed by atoms with Crippen LogP contribution in [0.5, 0.6) is 17.2 Å². The van der Waals surface area contributed by atoms with Gasteiger partial charge in [0.2, 0.25) is 22.4 Å². The highest BCUT2D eigenvalue weighted by Crippen LogP contribution is 2.45. The van der Waals surface area contributed by atoms with Crippen molar-refractivity contribution in [3.8, 4) is 17.2 Å². The molecule has 0 amide bonds. The predicted molar refractivity (Wildman–Crippen MR) is 209 cm³/mol. The van der Waals surface area contributed by atoms with Gasteiger partial charge >= 0.3 is 18.6 Å². The first-order chi connectivity index (χ1) is 28.2. The lowest BCUT2D eigenvalue weighted by Crippen LogP contribution is -2.52. The smallest absolute Gasteiger partial charge is 0.387 e. The number of nitrogens with one attached hydrogen (secondary N) is 1. The van der Waals surface area contributed by atoms with E-state index in [1.165, 1.54) is 37.4 Å². The summed E-state index contributed by atoms with van der Waals surface area (Å²) in [6.45, 7) is -0.749. The lowest BCUT2D eigenvalue weighted by atomic mass is 9.83. The van der Waals surface area contributed by atoms with Crippen LogP contribution in [-0.4, -0.2) is 81.6 Å². The van der Waals surface area contributed by atoms with Crippen molar-refractivity contribution in [1.29, 1.82) is 0 Å². The summed E-state index contributed by atoms with van der Waals surface area (Å²) in [5.74, 6) is -4.04. The molecule has 4 aliphatic rings. The number of carboxylic acid groups (broad SMARTS) is 1. The molecule has 3 aromatic carbocycles. The summed E-state index contributed by atoms with van der Waals surface area (Å²) in [6, 6.07) is 12.9. The molecule has 59 heavy (non-hydrogen) atoms. The minimum absolute atomic E-state index is 0.0604. The van der Waals surface area contributed by atoms with E-state index in [0.29, 0.717) is 11.3 Å². The number of carbonyl (C=O) groups excluding carboxylic acids is 1. The average molecular weight is 878 g/mol. The van der Waals surface area contributed by atoms with Crippen molar-refractivity contribution in [2.75, 3.05) is 33.4 Å². The topological polar surface area (TPSA) is 165 Å². The van der Waals surface area contributed by atoms with Crippen LogP contribution in [0.15, 0.2) is 78.0 Å². The minimum atomic E-state index is -4.97. The highest BCUT2D eigenvalue weighted by molar-refractivity contribution is 7.89. The van der Waals surface area contributed by atoms with Gasteiger partial charge < -0.3 is 24.1 Å². The molecule has 13 nitrogen and oxygen atoms in total. The van der Waals surface area contributed by atoms with Crippen LogP contribution in [0.2, 0.25) is 10.0 Å². The van der Waals surface area contributed by atoms with Crippen LogP contribution in [0.3, 0.4) is 0 Å². The molecule has 0 spiro atoms. The second kappa shape index (κ2) is 17.9. The quantitative estimate of drug-likeness (QED) is 0.0592. The Labute approximate surface area is 349 Å². The molecule has 18 heteroatoms. The summed E-state index contributed by atoms with van der Waals surface area (Å²) < 4.78 is 82.9. The van der Waals surface area contributed by atoms with E-state index in [4.69, 9.17) is 42.1 Å². The fourth-order valence-electron chi connectivity index (χ4n) is 7.79. The molecule has 4 fully saturated rings. The number of carboxylic acids is 1. The van der Waals surface area contributed by atoms with Crippen molar-refractivity contribution in [2.24, 2.45) is 11.8 Å². The number of piperidine rings is 3. The normalized spacial score (nSPS) is 19.9. The van der Waals surface area contributed by atoms with Crippen LogP contribution in [0.4, 0.5) is 8.78 Å². The first-order valence-electron chi connectivity index (χ1n) is 19.0. The summed E-state index contributed by atoms with van der Waals surface area (Å²) in [5, 5.41) is 20.7. The Hall–Kier alpha value is -4.74. The molecule has 2 bridgehead atoms. The maximum absolute atomic E-state index is 15.1. The van der Waals surface area contributed by atoms with Crippen LogP contribution in [0.25, 0.3) is 0 Å². The molecule has 1 aliphatic carbocycles. The van der Waals surface area contributed by atoms with Crippen LogP contribution in [0, 0.1) is 11.8 Å². The van der Waals surface area contributed by atoms with Gasteiger partial charge in [-0.3, -0.25) is 10.1 Å². The number of halogens is 4. The number of hydrogen-bond acceptors (Lipinski definition) is 10. The molecular formula is C41H42Cl2F2N3O10S+. The molecule has 4 heterocycles. The van der Waals surface area contributed by atoms with E-state index in [0.717, 1.165) is 51.2 Å². The number of pyridine rings is 1. The largest absolute Gasteiger partial charge is 0.495 e. The number of carbonyl (C=O) groups is 2. The highest BCUT2D eigenvalue weighted by atomic mass is 35.5. The second-order valence-corrected chi connectivity index (χ2v) is 17.3. The standard InChI is InChI=1S/C41H41Cl2F2N3O10S/c1-55-33-12-10-27(39(49)50)36(38(33)59(53,54)46-37(25-5-3-2-4-6-25)40(51)57-35-21-47-15-13-24(35)14-16-47)28(18-29-30(42)19-48(52)20-31(29)43)26-9-11-32(58-41(44)45)34(17-26)56-22-23-7-8-23/h2-6,9-12,17,19-20,23-24,28,35,37,41,46H,7-8,13-16,18,21-22H2,1H3,(H-,49,50,52)/p+1/t28-,35-,37?/m0/s1. The Balaban J connectivity index is 1.39. The van der Waals surface area contributed by atoms with Gasteiger partial charge in [0.05, 0.1) is 19.3 Å². The molecule has 3 atom stereocenters. The number of sulfonamides is 1. The van der Waals surface area contributed by atoms with Gasteiger partial charge in [-0.05, 0) is 98.0 Å². The number of benzene rings is 3. The zero-order valence-corrected chi connectivity index (χ0v) is 34.1. The third-order valence-corrected chi connectivity index (χ3v) is 13.1. The number of alkyl halides is 2. The first-order valence-corrected chi connectivity index (χ1v) is 21.2. The Morgan fingerprint density at radius 2 is 1.63 bits per heavy atom. The van der Waals surface area contributed by atoms with Gasteiger partial charge in [-0.15, -0.1) is 0 Å². The maximum atomic E-state index is 15.1. The van der Waals surface area contributed by atoms with Gasteiger partial charge in [0.25, 0.3) is 0 Å². The lowest BCUT2D eigenvalue weighted by molar-refractivity contribution is -0.904. The van der Waals surface area contributed by atoms with E-state index in [9.17, 15) is 28.7 Å². The number of esters is 1. The fraction of sp³-hybridized carbons (Fsp3) is 0.390. The molecule has 3 saturated heterocycles. The molecule has 3 aliphatic heterocycles. The number of aromatic nitrogens is 1. The number of methoxy groups -OCH3 is 1. The third-order valence-electron chi connectivity index (χ3n) is 11.0. The fourth-order valence-corrected chi connectivity index (χ4v) is 10.0. The first kappa shape index (κ1) is 42.4. The Kier molecular flexibility index (Phi) is 12.8. The highest BCUT2D eigenvalue weighted by Gasteiger charge is 2.41. The molecule has 1 unspecified atom stereocenters. The van der Waals surface area contributed by atoms with Crippen LogP contribution >= 0.6 is 23.2 Å². The number of nitrogens with zero attached hydrogens (tertiary/aromatic N) is 2. The molecule has 8 rings (SSSR count).